The first-order valence-corrected chi connectivity index (χ1v) is 24.2. The Kier molecular flexibility index (Phi) is 30.5. The number of rotatable bonds is 37. The molecule has 0 spiro atoms. The monoisotopic (exact) mass is 835 g/mol. The van der Waals surface area contributed by atoms with Crippen molar-refractivity contribution in [2.45, 2.75) is 199 Å². The van der Waals surface area contributed by atoms with Gasteiger partial charge >= 0.3 is 19.8 Å². The third-order valence-corrected chi connectivity index (χ3v) is 11.9. The molecule has 0 heterocycles. The molecule has 1 fully saturated rings. The summed E-state index contributed by atoms with van der Waals surface area (Å²) >= 11 is 0. The number of aliphatic hydroxyl groups excluding tert-OH is 3. The quantitative estimate of drug-likeness (QED) is 0.0155. The van der Waals surface area contributed by atoms with Gasteiger partial charge in [-0.05, 0) is 31.6 Å². The van der Waals surface area contributed by atoms with Crippen LogP contribution in [0.1, 0.15) is 174 Å². The van der Waals surface area contributed by atoms with Crippen LogP contribution in [0.2, 0.25) is 0 Å². The highest BCUT2D eigenvalue weighted by atomic mass is 31.2. The Hall–Kier alpha value is -1.37. The Balaban J connectivity index is 2.46. The van der Waals surface area contributed by atoms with E-state index in [1.807, 2.05) is 27.2 Å². The lowest BCUT2D eigenvalue weighted by Crippen LogP contribution is -2.37. The second-order valence-electron chi connectivity index (χ2n) is 17.4. The minimum Gasteiger partial charge on any atom is -0.462 e. The number of aliphatic hydroxyl groups is 3. The maximum absolute atomic E-state index is 12.7. The van der Waals surface area contributed by atoms with Gasteiger partial charge in [0.25, 0.3) is 0 Å². The lowest BCUT2D eigenvalue weighted by molar-refractivity contribution is -0.870. The number of ether oxygens (including phenoxy) is 2. The number of quaternary nitrogens is 1. The third kappa shape index (κ3) is 29.5. The molecule has 13 heteroatoms. The molecule has 0 saturated heterocycles. The number of carbonyl (C=O) groups is 2. The molecule has 0 radical (unpaired) electrons. The molecule has 12 nitrogen and oxygen atoms in total. The molecule has 0 aromatic heterocycles. The lowest BCUT2D eigenvalue weighted by Gasteiger charge is -2.24. The summed E-state index contributed by atoms with van der Waals surface area (Å²) in [5, 5.41) is 31.4. The van der Waals surface area contributed by atoms with Gasteiger partial charge < -0.3 is 34.2 Å². The summed E-state index contributed by atoms with van der Waals surface area (Å²) in [4.78, 5) is 35.6. The minimum absolute atomic E-state index is 0.0000855. The van der Waals surface area contributed by atoms with Crippen molar-refractivity contribution >= 4 is 19.8 Å². The second kappa shape index (κ2) is 32.4. The van der Waals surface area contributed by atoms with Gasteiger partial charge in [0, 0.05) is 25.2 Å². The zero-order valence-corrected chi connectivity index (χ0v) is 37.6. The van der Waals surface area contributed by atoms with Crippen LogP contribution in [0.5, 0.6) is 0 Å². The van der Waals surface area contributed by atoms with Crippen molar-refractivity contribution in [3.05, 3.63) is 12.2 Å². The van der Waals surface area contributed by atoms with E-state index < -0.39 is 50.8 Å². The van der Waals surface area contributed by atoms with Crippen LogP contribution < -0.4 is 0 Å². The summed E-state index contributed by atoms with van der Waals surface area (Å²) in [7, 11) is 1.37. The van der Waals surface area contributed by atoms with E-state index in [0.29, 0.717) is 36.7 Å². The van der Waals surface area contributed by atoms with E-state index in [-0.39, 0.29) is 37.9 Å². The summed E-state index contributed by atoms with van der Waals surface area (Å²) in [5.74, 6) is -1.20. The number of carbonyl (C=O) groups excluding carboxylic acids is 2. The van der Waals surface area contributed by atoms with Gasteiger partial charge in [0.05, 0.1) is 46.1 Å². The van der Waals surface area contributed by atoms with Crippen LogP contribution in [0.3, 0.4) is 0 Å². The maximum Gasteiger partial charge on any atom is 0.472 e. The van der Waals surface area contributed by atoms with Crippen molar-refractivity contribution in [2.24, 2.45) is 11.8 Å². The normalized spacial score (nSPS) is 20.8. The molecule has 1 unspecified atom stereocenters. The first kappa shape index (κ1) is 53.6. The average Bonchev–Trinajstić information content (AvgIpc) is 3.41. The lowest BCUT2D eigenvalue weighted by atomic mass is 9.88. The summed E-state index contributed by atoms with van der Waals surface area (Å²) in [5.41, 5.74) is 0. The number of likely N-dealkylation sites (N-methyl/N-ethyl adjacent to an activating group) is 1. The number of nitrogens with zero attached hydrogens (tertiary/aromatic N) is 1. The molecular weight excluding hydrogens is 749 g/mol. The fourth-order valence-electron chi connectivity index (χ4n) is 7.29. The van der Waals surface area contributed by atoms with Gasteiger partial charge in [0.15, 0.2) is 6.10 Å². The van der Waals surface area contributed by atoms with Crippen LogP contribution in [0.25, 0.3) is 0 Å². The molecular formula is C44H85NO11P+. The second-order valence-corrected chi connectivity index (χ2v) is 18.9. The van der Waals surface area contributed by atoms with Gasteiger partial charge in [-0.3, -0.25) is 18.6 Å². The van der Waals surface area contributed by atoms with E-state index in [2.05, 4.69) is 13.8 Å². The van der Waals surface area contributed by atoms with Crippen LogP contribution in [-0.4, -0.2) is 109 Å². The number of hydrogen-bond donors (Lipinski definition) is 4. The highest BCUT2D eigenvalue weighted by Gasteiger charge is 2.39. The molecule has 1 aliphatic rings. The highest BCUT2D eigenvalue weighted by molar-refractivity contribution is 7.47. The van der Waals surface area contributed by atoms with Crippen LogP contribution in [0.4, 0.5) is 0 Å². The Morgan fingerprint density at radius 2 is 1.25 bits per heavy atom. The van der Waals surface area contributed by atoms with Crippen LogP contribution >= 0.6 is 7.82 Å². The number of phosphoric acid groups is 1. The predicted molar refractivity (Wildman–Crippen MR) is 226 cm³/mol. The third-order valence-electron chi connectivity index (χ3n) is 10.9. The smallest absolute Gasteiger partial charge is 0.462 e. The van der Waals surface area contributed by atoms with Gasteiger partial charge in [0.1, 0.15) is 19.8 Å². The summed E-state index contributed by atoms with van der Waals surface area (Å²) < 4.78 is 34.3. The molecule has 336 valence electrons. The van der Waals surface area contributed by atoms with Crippen molar-refractivity contribution < 1.29 is 57.4 Å². The van der Waals surface area contributed by atoms with Gasteiger partial charge in [-0.15, -0.1) is 0 Å². The summed E-state index contributed by atoms with van der Waals surface area (Å²) in [6, 6.07) is 0. The van der Waals surface area contributed by atoms with Crippen molar-refractivity contribution in [1.82, 2.24) is 0 Å². The van der Waals surface area contributed by atoms with Gasteiger partial charge in [-0.2, -0.15) is 0 Å². The van der Waals surface area contributed by atoms with Crippen LogP contribution in [-0.2, 0) is 32.7 Å². The molecule has 1 saturated carbocycles. The van der Waals surface area contributed by atoms with Crippen molar-refractivity contribution in [3.63, 3.8) is 0 Å². The van der Waals surface area contributed by atoms with Crippen molar-refractivity contribution in [2.75, 3.05) is 47.5 Å². The Morgan fingerprint density at radius 1 is 0.719 bits per heavy atom. The Morgan fingerprint density at radius 3 is 1.82 bits per heavy atom. The first-order chi connectivity index (χ1) is 27.2. The number of hydrogen-bond acceptors (Lipinski definition) is 10. The molecule has 0 aliphatic heterocycles. The fraction of sp³-hybridized carbons (Fsp3) is 0.909. The molecule has 4 N–H and O–H groups in total. The zero-order valence-electron chi connectivity index (χ0n) is 36.7. The molecule has 0 bridgehead atoms. The largest absolute Gasteiger partial charge is 0.472 e. The van der Waals surface area contributed by atoms with Gasteiger partial charge in [-0.1, -0.05) is 142 Å². The van der Waals surface area contributed by atoms with E-state index in [9.17, 15) is 34.4 Å². The molecule has 0 aromatic rings. The van der Waals surface area contributed by atoms with E-state index in [1.165, 1.54) is 57.8 Å². The van der Waals surface area contributed by atoms with E-state index in [4.69, 9.17) is 18.5 Å². The molecule has 0 amide bonds. The van der Waals surface area contributed by atoms with E-state index >= 15 is 0 Å². The summed E-state index contributed by atoms with van der Waals surface area (Å²) in [6.07, 6.45) is 24.6. The molecule has 1 aliphatic carbocycles. The Bertz CT molecular complexity index is 1100. The topological polar surface area (TPSA) is 169 Å². The van der Waals surface area contributed by atoms with Crippen molar-refractivity contribution in [1.29, 1.82) is 0 Å². The Labute approximate surface area is 346 Å². The highest BCUT2D eigenvalue weighted by Crippen LogP contribution is 2.43. The number of unbranched alkanes of at least 4 members (excludes halogenated alkanes) is 17. The molecule has 7 atom stereocenters. The standard InChI is InChI=1S/C44H84NO11P/c1-6-8-10-11-12-13-14-15-16-17-18-19-25-29-44(50)56-38(36-55-57(51,52)54-33-32-45(3,4)5)35-53-43(49)28-24-21-20-23-27-39-40(42(48)34-41(39)47)31-30-37(46)26-22-9-7-2/h30-31,37-42,46-48H,6-29,32-36H2,1-5H3/p+1/b31-30+/t37-,38+,39+,40+,41-,42+/m0/s1. The minimum atomic E-state index is -4.42. The maximum atomic E-state index is 12.7. The van der Waals surface area contributed by atoms with Crippen LogP contribution in [0.15, 0.2) is 12.2 Å². The molecule has 57 heavy (non-hydrogen) atoms. The predicted octanol–water partition coefficient (Wildman–Crippen LogP) is 8.96. The fourth-order valence-corrected chi connectivity index (χ4v) is 8.03. The van der Waals surface area contributed by atoms with Gasteiger partial charge in [0.2, 0.25) is 0 Å². The number of esters is 2. The molecule has 0 aromatic carbocycles. The van der Waals surface area contributed by atoms with Crippen LogP contribution in [0, 0.1) is 11.8 Å². The first-order valence-electron chi connectivity index (χ1n) is 22.7. The van der Waals surface area contributed by atoms with Crippen molar-refractivity contribution in [3.8, 4) is 0 Å². The average molecular weight is 835 g/mol. The number of phosphoric ester groups is 1. The van der Waals surface area contributed by atoms with E-state index in [1.54, 1.807) is 6.08 Å². The summed E-state index contributed by atoms with van der Waals surface area (Å²) in [6.45, 7) is 4.09. The van der Waals surface area contributed by atoms with E-state index in [0.717, 1.165) is 64.2 Å². The molecule has 1 rings (SSSR count). The SMILES string of the molecule is CCCCCCCCCCCCCCCC(=O)O[C@H](COC(=O)CCCCCC[C@@H]1[C@@H](/C=C/[C@@H](O)CCCCC)[C@H](O)C[C@@H]1O)COP(=O)(O)OCC[N+](C)(C)C. The van der Waals surface area contributed by atoms with Gasteiger partial charge in [-0.25, -0.2) is 4.57 Å². The zero-order chi connectivity index (χ0) is 42.4.